The van der Waals surface area contributed by atoms with Gasteiger partial charge in [0.15, 0.2) is 0 Å². The number of thioether (sulfide) groups is 2. The summed E-state index contributed by atoms with van der Waals surface area (Å²) in [6.45, 7) is 8.51. The molecule has 1 aliphatic rings. The third kappa shape index (κ3) is 5.74. The summed E-state index contributed by atoms with van der Waals surface area (Å²) in [6.07, 6.45) is 2.17. The van der Waals surface area contributed by atoms with Gasteiger partial charge in [0, 0.05) is 11.0 Å². The van der Waals surface area contributed by atoms with Gasteiger partial charge >= 0.3 is 5.97 Å². The van der Waals surface area contributed by atoms with Gasteiger partial charge in [0.05, 0.1) is 11.5 Å². The van der Waals surface area contributed by atoms with Crippen LogP contribution in [0.1, 0.15) is 39.2 Å². The zero-order valence-corrected chi connectivity index (χ0v) is 17.7. The molecule has 1 N–H and O–H groups in total. The van der Waals surface area contributed by atoms with Gasteiger partial charge in [-0.3, -0.25) is 0 Å². The van der Waals surface area contributed by atoms with E-state index in [2.05, 4.69) is 18.6 Å². The van der Waals surface area contributed by atoms with E-state index in [9.17, 15) is 9.00 Å². The molecule has 0 aliphatic carbocycles. The first-order valence-corrected chi connectivity index (χ1v) is 11.6. The molecule has 1 aliphatic heterocycles. The summed E-state index contributed by atoms with van der Waals surface area (Å²) in [4.78, 5) is 13.3. The van der Waals surface area contributed by atoms with Crippen LogP contribution in [0.4, 0.5) is 0 Å². The van der Waals surface area contributed by atoms with Crippen molar-refractivity contribution in [3.05, 3.63) is 29.8 Å². The van der Waals surface area contributed by atoms with Gasteiger partial charge in [0.25, 0.3) is 0 Å². The molecule has 140 valence electrons. The zero-order valence-electron chi connectivity index (χ0n) is 15.2. The van der Waals surface area contributed by atoms with Crippen LogP contribution in [0.3, 0.4) is 0 Å². The molecule has 7 heteroatoms. The van der Waals surface area contributed by atoms with Crippen LogP contribution in [0.25, 0.3) is 0 Å². The Morgan fingerprint density at radius 3 is 2.68 bits per heavy atom. The lowest BCUT2D eigenvalue weighted by molar-refractivity contribution is -0.143. The normalized spacial score (nSPS) is 24.4. The maximum Gasteiger partial charge on any atom is 0.348 e. The number of carbonyl (C=O) groups is 1. The highest BCUT2D eigenvalue weighted by molar-refractivity contribution is 8.23. The van der Waals surface area contributed by atoms with Crippen molar-refractivity contribution in [3.63, 3.8) is 0 Å². The molecule has 3 atom stereocenters. The summed E-state index contributed by atoms with van der Waals surface area (Å²) in [6, 6.07) is 7.51. The number of esters is 1. The highest BCUT2D eigenvalue weighted by Gasteiger charge is 2.49. The predicted molar refractivity (Wildman–Crippen MR) is 108 cm³/mol. The molecule has 0 radical (unpaired) electrons. The van der Waals surface area contributed by atoms with E-state index in [4.69, 9.17) is 4.74 Å². The van der Waals surface area contributed by atoms with Gasteiger partial charge < -0.3 is 4.74 Å². The van der Waals surface area contributed by atoms with Crippen LogP contribution in [0, 0.1) is 12.8 Å². The maximum absolute atomic E-state index is 12.8. The van der Waals surface area contributed by atoms with Crippen LogP contribution in [0.2, 0.25) is 0 Å². The van der Waals surface area contributed by atoms with E-state index < -0.39 is 15.2 Å². The minimum absolute atomic E-state index is 0.317. The third-order valence-electron chi connectivity index (χ3n) is 3.88. The SMILES string of the molecule is CCOC(=O)[C@]1(N[S@@](=O)c2ccc(C)cc2)SCC(CCC(C)C)S1. The summed E-state index contributed by atoms with van der Waals surface area (Å²) >= 11 is 3.07. The van der Waals surface area contributed by atoms with E-state index in [1.165, 1.54) is 11.8 Å². The van der Waals surface area contributed by atoms with E-state index in [0.29, 0.717) is 22.7 Å². The summed E-state index contributed by atoms with van der Waals surface area (Å²) < 4.78 is 20.1. The van der Waals surface area contributed by atoms with Crippen LogP contribution < -0.4 is 4.72 Å². The molecular weight excluding hydrogens is 374 g/mol. The van der Waals surface area contributed by atoms with E-state index in [1.807, 2.05) is 31.2 Å². The molecule has 0 aromatic heterocycles. The van der Waals surface area contributed by atoms with Crippen LogP contribution in [0.5, 0.6) is 0 Å². The minimum Gasteiger partial charge on any atom is -0.463 e. The smallest absolute Gasteiger partial charge is 0.348 e. The standard InChI is InChI=1S/C18H27NO3S3/c1-5-22-17(20)18(23-12-15(24-18)9-6-13(2)3)19-25(21)16-10-7-14(4)8-11-16/h7-8,10-11,13,15,19H,5-6,9,12H2,1-4H3/t15?,18-,25-/m0/s1. The average Bonchev–Trinajstić information content (AvgIpc) is 2.98. The van der Waals surface area contributed by atoms with Gasteiger partial charge in [-0.05, 0) is 44.7 Å². The molecule has 0 spiro atoms. The van der Waals surface area contributed by atoms with Crippen LogP contribution >= 0.6 is 23.5 Å². The van der Waals surface area contributed by atoms with E-state index in [0.717, 1.165) is 24.2 Å². The van der Waals surface area contributed by atoms with E-state index >= 15 is 0 Å². The minimum atomic E-state index is -1.47. The van der Waals surface area contributed by atoms with Crippen LogP contribution in [-0.2, 0) is 20.5 Å². The number of aryl methyl sites for hydroxylation is 1. The lowest BCUT2D eigenvalue weighted by atomic mass is 10.1. The second-order valence-electron chi connectivity index (χ2n) is 6.54. The van der Waals surface area contributed by atoms with Crippen molar-refractivity contribution < 1.29 is 13.7 Å². The molecule has 4 nitrogen and oxygen atoms in total. The van der Waals surface area contributed by atoms with Crippen molar-refractivity contribution in [1.29, 1.82) is 0 Å². The Morgan fingerprint density at radius 1 is 1.40 bits per heavy atom. The van der Waals surface area contributed by atoms with Gasteiger partial charge in [-0.1, -0.05) is 31.5 Å². The number of hydrogen-bond acceptors (Lipinski definition) is 5. The quantitative estimate of drug-likeness (QED) is 0.665. The molecule has 0 saturated carbocycles. The average molecular weight is 402 g/mol. The molecule has 1 heterocycles. The first-order chi connectivity index (χ1) is 11.9. The molecule has 0 amide bonds. The number of rotatable bonds is 8. The molecular formula is C18H27NO3S3. The van der Waals surface area contributed by atoms with Gasteiger partial charge in [-0.15, -0.1) is 23.5 Å². The molecule has 2 rings (SSSR count). The van der Waals surface area contributed by atoms with Crippen molar-refractivity contribution in [2.45, 2.75) is 54.9 Å². The Labute approximate surface area is 161 Å². The Kier molecular flexibility index (Phi) is 7.86. The highest BCUT2D eigenvalue weighted by Crippen LogP contribution is 2.49. The molecule has 1 fully saturated rings. The summed E-state index contributed by atoms with van der Waals surface area (Å²) in [7, 11) is -1.47. The Bertz CT molecular complexity index is 606. The first-order valence-electron chi connectivity index (χ1n) is 8.61. The number of benzene rings is 1. The van der Waals surface area contributed by atoms with Crippen molar-refractivity contribution >= 4 is 40.5 Å². The number of carbonyl (C=O) groups excluding carboxylic acids is 1. The molecule has 25 heavy (non-hydrogen) atoms. The zero-order chi connectivity index (χ0) is 18.4. The van der Waals surface area contributed by atoms with Crippen molar-refractivity contribution in [3.8, 4) is 0 Å². The van der Waals surface area contributed by atoms with Crippen LogP contribution in [0.15, 0.2) is 29.2 Å². The van der Waals surface area contributed by atoms with Crippen molar-refractivity contribution in [1.82, 2.24) is 4.72 Å². The lowest BCUT2D eigenvalue weighted by Crippen LogP contribution is -2.47. The maximum atomic E-state index is 12.8. The fourth-order valence-corrected chi connectivity index (χ4v) is 7.16. The monoisotopic (exact) mass is 401 g/mol. The largest absolute Gasteiger partial charge is 0.463 e. The van der Waals surface area contributed by atoms with Crippen LogP contribution in [-0.4, -0.2) is 32.0 Å². The van der Waals surface area contributed by atoms with Crippen molar-refractivity contribution in [2.75, 3.05) is 12.4 Å². The van der Waals surface area contributed by atoms with Gasteiger partial charge in [0.1, 0.15) is 11.0 Å². The van der Waals surface area contributed by atoms with Crippen molar-refractivity contribution in [2.24, 2.45) is 5.92 Å². The molecule has 1 unspecified atom stereocenters. The van der Waals surface area contributed by atoms with E-state index in [1.54, 1.807) is 18.7 Å². The number of hydrogen-bond donors (Lipinski definition) is 1. The predicted octanol–water partition coefficient (Wildman–Crippen LogP) is 4.11. The lowest BCUT2D eigenvalue weighted by Gasteiger charge is -2.26. The first kappa shape index (κ1) is 20.8. The Balaban J connectivity index is 2.12. The topological polar surface area (TPSA) is 55.4 Å². The van der Waals surface area contributed by atoms with Gasteiger partial charge in [-0.25, -0.2) is 9.00 Å². The fourth-order valence-electron chi connectivity index (χ4n) is 2.45. The highest BCUT2D eigenvalue weighted by atomic mass is 32.2. The third-order valence-corrected chi connectivity index (χ3v) is 8.76. The summed E-state index contributed by atoms with van der Waals surface area (Å²) in [5.74, 6) is 1.16. The molecule has 0 bridgehead atoms. The molecule has 1 aromatic carbocycles. The second kappa shape index (κ2) is 9.44. The fraction of sp³-hybridized carbons (Fsp3) is 0.611. The second-order valence-corrected chi connectivity index (χ2v) is 10.8. The number of nitrogens with one attached hydrogen (secondary N) is 1. The molecule has 1 aromatic rings. The Morgan fingerprint density at radius 2 is 2.08 bits per heavy atom. The van der Waals surface area contributed by atoms with Gasteiger partial charge in [-0.2, -0.15) is 4.72 Å². The Hall–Kier alpha value is -0.500. The molecule has 1 saturated heterocycles. The summed E-state index contributed by atoms with van der Waals surface area (Å²) in [5, 5.41) is 0.360. The summed E-state index contributed by atoms with van der Waals surface area (Å²) in [5.41, 5.74) is 1.11. The van der Waals surface area contributed by atoms with Gasteiger partial charge in [0.2, 0.25) is 4.20 Å². The van der Waals surface area contributed by atoms with E-state index in [-0.39, 0.29) is 5.97 Å². The number of ether oxygens (including phenoxy) is 1.